The fourth-order valence-corrected chi connectivity index (χ4v) is 5.34. The van der Waals surface area contributed by atoms with E-state index in [0.717, 1.165) is 20.6 Å². The van der Waals surface area contributed by atoms with Crippen molar-refractivity contribution in [1.29, 1.82) is 0 Å². The molecule has 0 saturated carbocycles. The quantitative estimate of drug-likeness (QED) is 0.889. The molecule has 0 saturated heterocycles. The molecule has 102 valence electrons. The molecule has 0 aliphatic heterocycles. The molecule has 3 nitrogen and oxygen atoms in total. The summed E-state index contributed by atoms with van der Waals surface area (Å²) in [7, 11) is -3.53. The molecule has 0 amide bonds. The SMILES string of the molecule is CCc1ccccc1NS(=O)(=O)c1cc(Br)sc1C. The number of aryl methyl sites for hydroxylation is 2. The van der Waals surface area contributed by atoms with Crippen LogP contribution in [0.2, 0.25) is 0 Å². The van der Waals surface area contributed by atoms with Crippen molar-refractivity contribution in [2.45, 2.75) is 25.2 Å². The smallest absolute Gasteiger partial charge is 0.263 e. The molecule has 19 heavy (non-hydrogen) atoms. The van der Waals surface area contributed by atoms with E-state index in [0.29, 0.717) is 10.6 Å². The average Bonchev–Trinajstić information content (AvgIpc) is 2.69. The lowest BCUT2D eigenvalue weighted by atomic mass is 10.1. The Morgan fingerprint density at radius 3 is 2.58 bits per heavy atom. The highest BCUT2D eigenvalue weighted by Crippen LogP contribution is 2.31. The molecular weight excluding hydrogens is 346 g/mol. The molecule has 1 aromatic heterocycles. The van der Waals surface area contributed by atoms with Crippen molar-refractivity contribution in [3.05, 3.63) is 44.6 Å². The summed E-state index contributed by atoms with van der Waals surface area (Å²) in [5.74, 6) is 0. The Bertz CT molecular complexity index is 692. The monoisotopic (exact) mass is 359 g/mol. The van der Waals surface area contributed by atoms with E-state index in [9.17, 15) is 8.42 Å². The van der Waals surface area contributed by atoms with E-state index < -0.39 is 10.0 Å². The molecule has 6 heteroatoms. The Hall–Kier alpha value is -0.850. The highest BCUT2D eigenvalue weighted by atomic mass is 79.9. The second kappa shape index (κ2) is 5.64. The maximum Gasteiger partial charge on any atom is 0.263 e. The average molecular weight is 360 g/mol. The highest BCUT2D eigenvalue weighted by molar-refractivity contribution is 9.11. The van der Waals surface area contributed by atoms with Crippen LogP contribution in [0.25, 0.3) is 0 Å². The van der Waals surface area contributed by atoms with Crippen LogP contribution in [0.4, 0.5) is 5.69 Å². The molecule has 0 radical (unpaired) electrons. The number of anilines is 1. The van der Waals surface area contributed by atoms with Crippen molar-refractivity contribution in [2.24, 2.45) is 0 Å². The minimum Gasteiger partial charge on any atom is -0.279 e. The molecule has 1 N–H and O–H groups in total. The van der Waals surface area contributed by atoms with Crippen LogP contribution in [-0.2, 0) is 16.4 Å². The molecule has 0 bridgehead atoms. The highest BCUT2D eigenvalue weighted by Gasteiger charge is 2.20. The van der Waals surface area contributed by atoms with E-state index in [4.69, 9.17) is 0 Å². The lowest BCUT2D eigenvalue weighted by Crippen LogP contribution is -2.14. The first-order valence-electron chi connectivity index (χ1n) is 5.80. The van der Waals surface area contributed by atoms with Crippen LogP contribution in [0.15, 0.2) is 39.0 Å². The fourth-order valence-electron chi connectivity index (χ4n) is 1.83. The number of halogens is 1. The minimum absolute atomic E-state index is 0.329. The van der Waals surface area contributed by atoms with Gasteiger partial charge in [0.05, 0.1) is 9.47 Å². The van der Waals surface area contributed by atoms with Crippen LogP contribution >= 0.6 is 27.3 Å². The zero-order valence-corrected chi connectivity index (χ0v) is 13.8. The summed E-state index contributed by atoms with van der Waals surface area (Å²) in [4.78, 5) is 1.10. The zero-order chi connectivity index (χ0) is 14.0. The Balaban J connectivity index is 2.39. The summed E-state index contributed by atoms with van der Waals surface area (Å²) in [6.45, 7) is 3.80. The number of hydrogen-bond acceptors (Lipinski definition) is 3. The number of hydrogen-bond donors (Lipinski definition) is 1. The Kier molecular flexibility index (Phi) is 4.32. The van der Waals surface area contributed by atoms with E-state index >= 15 is 0 Å². The lowest BCUT2D eigenvalue weighted by Gasteiger charge is -2.11. The van der Waals surface area contributed by atoms with Gasteiger partial charge < -0.3 is 0 Å². The van der Waals surface area contributed by atoms with Gasteiger partial charge in [-0.25, -0.2) is 8.42 Å². The molecule has 0 atom stereocenters. The molecule has 1 aromatic carbocycles. The van der Waals surface area contributed by atoms with Crippen molar-refractivity contribution in [3.8, 4) is 0 Å². The van der Waals surface area contributed by atoms with Crippen molar-refractivity contribution >= 4 is 43.0 Å². The van der Waals surface area contributed by atoms with Crippen molar-refractivity contribution in [2.75, 3.05) is 4.72 Å². The maximum absolute atomic E-state index is 12.4. The van der Waals surface area contributed by atoms with Crippen LogP contribution in [0.3, 0.4) is 0 Å². The Morgan fingerprint density at radius 1 is 1.32 bits per heavy atom. The Labute approximate surface area is 125 Å². The first kappa shape index (κ1) is 14.6. The van der Waals surface area contributed by atoms with Crippen LogP contribution < -0.4 is 4.72 Å². The number of benzene rings is 1. The molecule has 0 aliphatic carbocycles. The zero-order valence-electron chi connectivity index (χ0n) is 10.6. The van der Waals surface area contributed by atoms with Gasteiger partial charge in [0.25, 0.3) is 10.0 Å². The maximum atomic E-state index is 12.4. The first-order chi connectivity index (χ1) is 8.94. The van der Waals surface area contributed by atoms with Gasteiger partial charge in [0.15, 0.2) is 0 Å². The van der Waals surface area contributed by atoms with Gasteiger partial charge in [0.1, 0.15) is 4.90 Å². The third-order valence-electron chi connectivity index (χ3n) is 2.77. The van der Waals surface area contributed by atoms with Gasteiger partial charge >= 0.3 is 0 Å². The van der Waals surface area contributed by atoms with Gasteiger partial charge in [-0.15, -0.1) is 11.3 Å². The molecule has 2 aromatic rings. The summed E-state index contributed by atoms with van der Waals surface area (Å²) >= 11 is 4.73. The minimum atomic E-state index is -3.53. The van der Waals surface area contributed by atoms with Crippen molar-refractivity contribution in [1.82, 2.24) is 0 Å². The number of nitrogens with one attached hydrogen (secondary N) is 1. The van der Waals surface area contributed by atoms with E-state index in [1.807, 2.05) is 25.1 Å². The second-order valence-electron chi connectivity index (χ2n) is 4.09. The lowest BCUT2D eigenvalue weighted by molar-refractivity contribution is 0.601. The standard InChI is InChI=1S/C13H14BrNO2S2/c1-3-10-6-4-5-7-11(10)15-19(16,17)12-8-13(14)18-9(12)2/h4-8,15H,3H2,1-2H3. The van der Waals surface area contributed by atoms with E-state index in [1.165, 1.54) is 11.3 Å². The summed E-state index contributed by atoms with van der Waals surface area (Å²) in [6, 6.07) is 9.08. The summed E-state index contributed by atoms with van der Waals surface area (Å²) < 4.78 is 28.2. The van der Waals surface area contributed by atoms with E-state index in [1.54, 1.807) is 19.1 Å². The summed E-state index contributed by atoms with van der Waals surface area (Å²) in [5.41, 5.74) is 1.63. The van der Waals surface area contributed by atoms with Gasteiger partial charge in [-0.05, 0) is 47.0 Å². The Morgan fingerprint density at radius 2 is 2.00 bits per heavy atom. The predicted octanol–water partition coefficient (Wildman–Crippen LogP) is 4.18. The molecule has 0 unspecified atom stereocenters. The number of rotatable bonds is 4. The van der Waals surface area contributed by atoms with Crippen LogP contribution in [0.1, 0.15) is 17.4 Å². The topological polar surface area (TPSA) is 46.2 Å². The van der Waals surface area contributed by atoms with Crippen LogP contribution in [0.5, 0.6) is 0 Å². The third-order valence-corrected chi connectivity index (χ3v) is 5.95. The summed E-state index contributed by atoms with van der Waals surface area (Å²) in [6.07, 6.45) is 0.783. The van der Waals surface area contributed by atoms with Gasteiger partial charge in [0, 0.05) is 4.88 Å². The molecule has 2 rings (SSSR count). The van der Waals surface area contributed by atoms with Gasteiger partial charge in [0.2, 0.25) is 0 Å². The number of thiophene rings is 1. The molecular formula is C13H14BrNO2S2. The number of sulfonamides is 1. The molecule has 0 spiro atoms. The molecule has 0 aliphatic rings. The van der Waals surface area contributed by atoms with Crippen LogP contribution in [-0.4, -0.2) is 8.42 Å². The largest absolute Gasteiger partial charge is 0.279 e. The normalized spacial score (nSPS) is 11.5. The predicted molar refractivity (Wildman–Crippen MR) is 83.4 cm³/mol. The van der Waals surface area contributed by atoms with Gasteiger partial charge in [-0.3, -0.25) is 4.72 Å². The third kappa shape index (κ3) is 3.19. The summed E-state index contributed by atoms with van der Waals surface area (Å²) in [5, 5.41) is 0. The molecule has 1 heterocycles. The number of para-hydroxylation sites is 1. The van der Waals surface area contributed by atoms with Gasteiger partial charge in [-0.2, -0.15) is 0 Å². The van der Waals surface area contributed by atoms with E-state index in [-0.39, 0.29) is 0 Å². The van der Waals surface area contributed by atoms with Gasteiger partial charge in [-0.1, -0.05) is 25.1 Å². The fraction of sp³-hybridized carbons (Fsp3) is 0.231. The first-order valence-corrected chi connectivity index (χ1v) is 8.90. The second-order valence-corrected chi connectivity index (χ2v) is 8.37. The van der Waals surface area contributed by atoms with Crippen LogP contribution in [0, 0.1) is 6.92 Å². The molecule has 0 fully saturated rings. The van der Waals surface area contributed by atoms with E-state index in [2.05, 4.69) is 20.7 Å². The van der Waals surface area contributed by atoms with Crippen molar-refractivity contribution in [3.63, 3.8) is 0 Å². The van der Waals surface area contributed by atoms with Crippen molar-refractivity contribution < 1.29 is 8.42 Å².